The number of nitrogens with one attached hydrogen (secondary N) is 1. The Bertz CT molecular complexity index is 399. The second kappa shape index (κ2) is 7.81. The van der Waals surface area contributed by atoms with Gasteiger partial charge >= 0.3 is 5.69 Å². The molecule has 0 saturated carbocycles. The lowest BCUT2D eigenvalue weighted by Crippen LogP contribution is -2.04. The average molecular weight is 270 g/mol. The fourth-order valence-corrected chi connectivity index (χ4v) is 1.93. The van der Waals surface area contributed by atoms with E-state index in [0.717, 1.165) is 24.4 Å². The Hall–Kier alpha value is -1.43. The van der Waals surface area contributed by atoms with Crippen LogP contribution >= 0.6 is 11.8 Å². The van der Waals surface area contributed by atoms with Crippen LogP contribution in [0.3, 0.4) is 0 Å². The minimum absolute atomic E-state index is 0.00603. The van der Waals surface area contributed by atoms with Crippen LogP contribution in [0.15, 0.2) is 18.2 Å². The number of rotatable bonds is 8. The van der Waals surface area contributed by atoms with Gasteiger partial charge in [0.25, 0.3) is 0 Å². The summed E-state index contributed by atoms with van der Waals surface area (Å²) >= 11 is 1.80. The molecule has 1 rings (SSSR count). The van der Waals surface area contributed by atoms with E-state index in [9.17, 15) is 10.1 Å². The van der Waals surface area contributed by atoms with Crippen molar-refractivity contribution in [1.82, 2.24) is 0 Å². The first kappa shape index (κ1) is 14.6. The molecule has 0 fully saturated rings. The molecule has 0 atom stereocenters. The number of nitro groups is 1. The van der Waals surface area contributed by atoms with Gasteiger partial charge in [-0.15, -0.1) is 0 Å². The average Bonchev–Trinajstić information content (AvgIpc) is 2.35. The summed E-state index contributed by atoms with van der Waals surface area (Å²) in [5.74, 6) is 1.41. The van der Waals surface area contributed by atoms with E-state index in [1.165, 1.54) is 6.07 Å². The van der Waals surface area contributed by atoms with Crippen LogP contribution in [-0.4, -0.2) is 30.1 Å². The van der Waals surface area contributed by atoms with Gasteiger partial charge in [-0.05, 0) is 31.4 Å². The van der Waals surface area contributed by atoms with Crippen LogP contribution in [0.2, 0.25) is 0 Å². The third-order valence-electron chi connectivity index (χ3n) is 2.31. The van der Waals surface area contributed by atoms with Crippen molar-refractivity contribution in [3.8, 4) is 5.75 Å². The largest absolute Gasteiger partial charge is 0.487 e. The number of thioether (sulfide) groups is 1. The fraction of sp³-hybridized carbons (Fsp3) is 0.500. The van der Waals surface area contributed by atoms with E-state index in [-0.39, 0.29) is 5.69 Å². The number of nitrogens with zero attached hydrogens (tertiary/aromatic N) is 1. The van der Waals surface area contributed by atoms with E-state index in [1.807, 2.05) is 6.92 Å². The molecule has 0 saturated heterocycles. The molecule has 1 N–H and O–H groups in total. The standard InChI is InChI=1S/C12H18N2O3S/c1-3-17-12-9-10(13-7-4-8-18-2)5-6-11(12)14(15)16/h5-6,9,13H,3-4,7-8H2,1-2H3. The molecule has 100 valence electrons. The summed E-state index contributed by atoms with van der Waals surface area (Å²) in [7, 11) is 0. The van der Waals surface area contributed by atoms with Gasteiger partial charge in [-0.2, -0.15) is 11.8 Å². The molecule has 0 unspecified atom stereocenters. The molecule has 0 amide bonds. The maximum Gasteiger partial charge on any atom is 0.311 e. The highest BCUT2D eigenvalue weighted by molar-refractivity contribution is 7.98. The van der Waals surface area contributed by atoms with E-state index in [0.29, 0.717) is 12.4 Å². The lowest BCUT2D eigenvalue weighted by Gasteiger charge is -2.09. The normalized spacial score (nSPS) is 10.1. The van der Waals surface area contributed by atoms with Crippen LogP contribution < -0.4 is 10.1 Å². The van der Waals surface area contributed by atoms with Crippen LogP contribution in [0.1, 0.15) is 13.3 Å². The summed E-state index contributed by atoms with van der Waals surface area (Å²) < 4.78 is 5.28. The predicted octanol–water partition coefficient (Wildman–Crippen LogP) is 3.16. The molecule has 0 bridgehead atoms. The molecule has 18 heavy (non-hydrogen) atoms. The van der Waals surface area contributed by atoms with Crippen molar-refractivity contribution in [3.63, 3.8) is 0 Å². The lowest BCUT2D eigenvalue weighted by atomic mass is 10.2. The Balaban J connectivity index is 2.70. The van der Waals surface area contributed by atoms with E-state index < -0.39 is 4.92 Å². The van der Waals surface area contributed by atoms with Crippen LogP contribution in [0.5, 0.6) is 5.75 Å². The molecule has 0 spiro atoms. The number of benzene rings is 1. The molecule has 1 aromatic rings. The Labute approximate surface area is 111 Å². The summed E-state index contributed by atoms with van der Waals surface area (Å²) in [4.78, 5) is 10.4. The highest BCUT2D eigenvalue weighted by atomic mass is 32.2. The molecule has 0 aliphatic carbocycles. The Kier molecular flexibility index (Phi) is 6.35. The highest BCUT2D eigenvalue weighted by Crippen LogP contribution is 2.30. The number of nitro benzene ring substituents is 1. The van der Waals surface area contributed by atoms with Crippen molar-refractivity contribution in [2.75, 3.05) is 30.5 Å². The summed E-state index contributed by atoms with van der Waals surface area (Å²) in [5, 5.41) is 14.0. The summed E-state index contributed by atoms with van der Waals surface area (Å²) in [6.07, 6.45) is 3.13. The minimum Gasteiger partial charge on any atom is -0.487 e. The summed E-state index contributed by atoms with van der Waals surface area (Å²) in [6.45, 7) is 3.07. The van der Waals surface area contributed by atoms with Gasteiger partial charge in [0.2, 0.25) is 0 Å². The van der Waals surface area contributed by atoms with Gasteiger partial charge in [-0.1, -0.05) is 0 Å². The third-order valence-corrected chi connectivity index (χ3v) is 3.01. The predicted molar refractivity (Wildman–Crippen MR) is 75.8 cm³/mol. The smallest absolute Gasteiger partial charge is 0.311 e. The molecule has 0 aliphatic heterocycles. The molecule has 5 nitrogen and oxygen atoms in total. The zero-order valence-corrected chi connectivity index (χ0v) is 11.5. The van der Waals surface area contributed by atoms with Crippen LogP contribution in [0, 0.1) is 10.1 Å². The van der Waals surface area contributed by atoms with Crippen molar-refractivity contribution < 1.29 is 9.66 Å². The second-order valence-corrected chi connectivity index (χ2v) is 4.63. The molecule has 0 aliphatic rings. The van der Waals surface area contributed by atoms with Crippen molar-refractivity contribution in [2.24, 2.45) is 0 Å². The number of hydrogen-bond acceptors (Lipinski definition) is 5. The SMILES string of the molecule is CCOc1cc(NCCCSC)ccc1[N+](=O)[O-]. The van der Waals surface area contributed by atoms with Gasteiger partial charge in [-0.3, -0.25) is 10.1 Å². The van der Waals surface area contributed by atoms with Gasteiger partial charge < -0.3 is 10.1 Å². The topological polar surface area (TPSA) is 64.4 Å². The van der Waals surface area contributed by atoms with Gasteiger partial charge in [-0.25, -0.2) is 0 Å². The van der Waals surface area contributed by atoms with Gasteiger partial charge in [0.15, 0.2) is 5.75 Å². The minimum atomic E-state index is -0.428. The Morgan fingerprint density at radius 3 is 2.89 bits per heavy atom. The Morgan fingerprint density at radius 1 is 1.50 bits per heavy atom. The first-order valence-electron chi connectivity index (χ1n) is 5.83. The number of anilines is 1. The highest BCUT2D eigenvalue weighted by Gasteiger charge is 2.14. The van der Waals surface area contributed by atoms with E-state index in [1.54, 1.807) is 23.9 Å². The molecule has 1 aromatic carbocycles. The van der Waals surface area contributed by atoms with Crippen molar-refractivity contribution in [3.05, 3.63) is 28.3 Å². The number of hydrogen-bond donors (Lipinski definition) is 1. The Morgan fingerprint density at radius 2 is 2.28 bits per heavy atom. The first-order chi connectivity index (χ1) is 8.69. The van der Waals surface area contributed by atoms with Crippen LogP contribution in [0.25, 0.3) is 0 Å². The van der Waals surface area contributed by atoms with E-state index in [2.05, 4.69) is 11.6 Å². The molecule has 0 aromatic heterocycles. The van der Waals surface area contributed by atoms with Crippen LogP contribution in [0.4, 0.5) is 11.4 Å². The van der Waals surface area contributed by atoms with Crippen molar-refractivity contribution >= 4 is 23.1 Å². The first-order valence-corrected chi connectivity index (χ1v) is 7.22. The summed E-state index contributed by atoms with van der Waals surface area (Å²) in [6, 6.07) is 4.86. The summed E-state index contributed by atoms with van der Waals surface area (Å²) in [5.41, 5.74) is 0.858. The third kappa shape index (κ3) is 4.44. The van der Waals surface area contributed by atoms with Gasteiger partial charge in [0.1, 0.15) is 0 Å². The number of ether oxygens (including phenoxy) is 1. The molecular formula is C12H18N2O3S. The van der Waals surface area contributed by atoms with Crippen LogP contribution in [-0.2, 0) is 0 Å². The molecule has 0 radical (unpaired) electrons. The maximum atomic E-state index is 10.8. The fourth-order valence-electron chi connectivity index (χ4n) is 1.50. The van der Waals surface area contributed by atoms with Crippen molar-refractivity contribution in [1.29, 1.82) is 0 Å². The van der Waals surface area contributed by atoms with E-state index >= 15 is 0 Å². The van der Waals surface area contributed by atoms with Gasteiger partial charge in [0.05, 0.1) is 11.5 Å². The lowest BCUT2D eigenvalue weighted by molar-refractivity contribution is -0.385. The van der Waals surface area contributed by atoms with E-state index in [4.69, 9.17) is 4.74 Å². The molecular weight excluding hydrogens is 252 g/mol. The monoisotopic (exact) mass is 270 g/mol. The quantitative estimate of drug-likeness (QED) is 0.446. The zero-order valence-electron chi connectivity index (χ0n) is 10.6. The van der Waals surface area contributed by atoms with Crippen molar-refractivity contribution in [2.45, 2.75) is 13.3 Å². The molecule has 6 heteroatoms. The molecule has 0 heterocycles. The second-order valence-electron chi connectivity index (χ2n) is 3.65. The zero-order chi connectivity index (χ0) is 13.4. The van der Waals surface area contributed by atoms with Gasteiger partial charge in [0, 0.05) is 24.4 Å². The maximum absolute atomic E-state index is 10.8.